The summed E-state index contributed by atoms with van der Waals surface area (Å²) in [5, 5.41) is 6.09. The van der Waals surface area contributed by atoms with Crippen molar-refractivity contribution < 1.29 is 4.39 Å². The van der Waals surface area contributed by atoms with Gasteiger partial charge in [0.1, 0.15) is 11.6 Å². The molecule has 0 amide bonds. The summed E-state index contributed by atoms with van der Waals surface area (Å²) in [4.78, 5) is 18.0. The molecule has 3 aromatic carbocycles. The van der Waals surface area contributed by atoms with Crippen LogP contribution in [0.2, 0.25) is 0 Å². The molecule has 2 aromatic heterocycles. The molecule has 0 spiro atoms. The van der Waals surface area contributed by atoms with Crippen molar-refractivity contribution in [3.8, 4) is 0 Å². The molecule has 0 aliphatic carbocycles. The number of benzene rings is 3. The molecule has 0 fully saturated rings. The van der Waals surface area contributed by atoms with Crippen LogP contribution in [0.3, 0.4) is 0 Å². The lowest BCUT2D eigenvalue weighted by molar-refractivity contribution is 0.624. The lowest BCUT2D eigenvalue weighted by atomic mass is 10.2. The maximum Gasteiger partial charge on any atom is 0.282 e. The van der Waals surface area contributed by atoms with Crippen molar-refractivity contribution in [3.05, 3.63) is 111 Å². The van der Waals surface area contributed by atoms with E-state index in [4.69, 9.17) is 4.98 Å². The summed E-state index contributed by atoms with van der Waals surface area (Å²) in [6, 6.07) is 20.0. The summed E-state index contributed by atoms with van der Waals surface area (Å²) in [5.74, 6) is 0.346. The van der Waals surface area contributed by atoms with Crippen molar-refractivity contribution in [2.24, 2.45) is 5.10 Å². The number of rotatable bonds is 5. The number of halogens is 2. The maximum atomic E-state index is 13.7. The van der Waals surface area contributed by atoms with E-state index in [0.717, 1.165) is 26.5 Å². The molecule has 5 nitrogen and oxygen atoms in total. The van der Waals surface area contributed by atoms with Gasteiger partial charge in [0.25, 0.3) is 5.56 Å². The van der Waals surface area contributed by atoms with Gasteiger partial charge in [0.05, 0.1) is 17.1 Å². The summed E-state index contributed by atoms with van der Waals surface area (Å²) >= 11 is 3.44. The van der Waals surface area contributed by atoms with Gasteiger partial charge in [-0.15, -0.1) is 0 Å². The Morgan fingerprint density at radius 2 is 1.88 bits per heavy atom. The largest absolute Gasteiger partial charge is 0.342 e. The Morgan fingerprint density at radius 3 is 2.68 bits per heavy atom. The monoisotopic (exact) mass is 516 g/mol. The van der Waals surface area contributed by atoms with Gasteiger partial charge >= 0.3 is 0 Å². The third-order valence-electron chi connectivity index (χ3n) is 5.72. The van der Waals surface area contributed by atoms with Crippen molar-refractivity contribution in [3.63, 3.8) is 0 Å². The van der Waals surface area contributed by atoms with Gasteiger partial charge in [-0.2, -0.15) is 9.78 Å². The molecule has 0 bridgehead atoms. The van der Waals surface area contributed by atoms with Crippen LogP contribution in [0.1, 0.15) is 36.7 Å². The molecule has 0 N–H and O–H groups in total. The number of nitrogens with zero attached hydrogens (tertiary/aromatic N) is 4. The average Bonchev–Trinajstić information content (AvgIpc) is 3.16. The minimum atomic E-state index is -0.258. The zero-order valence-corrected chi connectivity index (χ0v) is 20.3. The molecule has 5 rings (SSSR count). The zero-order chi connectivity index (χ0) is 23.8. The summed E-state index contributed by atoms with van der Waals surface area (Å²) < 4.78 is 18.0. The molecule has 2 heterocycles. The Hall–Kier alpha value is -3.58. The van der Waals surface area contributed by atoms with Gasteiger partial charge in [0, 0.05) is 39.6 Å². The Labute approximate surface area is 204 Å². The van der Waals surface area contributed by atoms with E-state index in [2.05, 4.69) is 25.6 Å². The third-order valence-corrected chi connectivity index (χ3v) is 6.22. The number of aromatic nitrogens is 3. The van der Waals surface area contributed by atoms with E-state index in [9.17, 15) is 9.18 Å². The highest BCUT2D eigenvalue weighted by Crippen LogP contribution is 2.22. The van der Waals surface area contributed by atoms with E-state index in [1.54, 1.807) is 18.3 Å². The Kier molecular flexibility index (Phi) is 5.87. The van der Waals surface area contributed by atoms with Gasteiger partial charge < -0.3 is 4.57 Å². The molecule has 0 radical (unpaired) electrons. The molecular weight excluding hydrogens is 495 g/mol. The van der Waals surface area contributed by atoms with Crippen LogP contribution in [0.5, 0.6) is 0 Å². The predicted molar refractivity (Wildman–Crippen MR) is 138 cm³/mol. The van der Waals surface area contributed by atoms with Gasteiger partial charge in [-0.3, -0.25) is 4.79 Å². The van der Waals surface area contributed by atoms with Crippen LogP contribution in [0, 0.1) is 5.82 Å². The molecule has 5 aromatic rings. The molecule has 0 unspecified atom stereocenters. The summed E-state index contributed by atoms with van der Waals surface area (Å²) in [6.45, 7) is 4.50. The molecule has 34 heavy (non-hydrogen) atoms. The van der Waals surface area contributed by atoms with Crippen LogP contribution in [0.15, 0.2) is 87.3 Å². The van der Waals surface area contributed by atoms with E-state index >= 15 is 0 Å². The van der Waals surface area contributed by atoms with E-state index < -0.39 is 0 Å². The van der Waals surface area contributed by atoms with E-state index in [1.165, 1.54) is 16.8 Å². The molecule has 170 valence electrons. The van der Waals surface area contributed by atoms with Crippen molar-refractivity contribution in [1.29, 1.82) is 0 Å². The molecule has 0 atom stereocenters. The topological polar surface area (TPSA) is 52.2 Å². The second-order valence-corrected chi connectivity index (χ2v) is 9.42. The number of para-hydroxylation sites is 1. The van der Waals surface area contributed by atoms with E-state index in [-0.39, 0.29) is 17.3 Å². The minimum Gasteiger partial charge on any atom is -0.342 e. The Balaban J connectivity index is 1.62. The fourth-order valence-electron chi connectivity index (χ4n) is 4.11. The molecular formula is C27H22BrFN4O. The number of fused-ring (bicyclic) bond motifs is 2. The van der Waals surface area contributed by atoms with Gasteiger partial charge in [-0.25, -0.2) is 9.37 Å². The van der Waals surface area contributed by atoms with E-state index in [0.29, 0.717) is 23.3 Å². The fraction of sp³-hybridized carbons (Fsp3) is 0.148. The molecule has 0 aliphatic rings. The van der Waals surface area contributed by atoms with Gasteiger partial charge in [-0.05, 0) is 42.0 Å². The highest BCUT2D eigenvalue weighted by Gasteiger charge is 2.14. The highest BCUT2D eigenvalue weighted by atomic mass is 79.9. The van der Waals surface area contributed by atoms with Crippen molar-refractivity contribution in [1.82, 2.24) is 14.2 Å². The van der Waals surface area contributed by atoms with Gasteiger partial charge in [0.15, 0.2) is 0 Å². The Bertz CT molecular complexity index is 1620. The molecule has 7 heteroatoms. The first-order valence-corrected chi connectivity index (χ1v) is 11.8. The van der Waals surface area contributed by atoms with Crippen LogP contribution in [0.25, 0.3) is 21.8 Å². The SMILES string of the molecule is CC(C)c1nc2ccc(Br)cc2c(=O)n1N=Cc1cn(Cc2cccc(F)c2)c2ccccc12. The summed E-state index contributed by atoms with van der Waals surface area (Å²) in [6.07, 6.45) is 3.67. The maximum absolute atomic E-state index is 13.7. The first-order chi connectivity index (χ1) is 16.4. The Morgan fingerprint density at radius 1 is 1.06 bits per heavy atom. The van der Waals surface area contributed by atoms with Crippen LogP contribution in [-0.4, -0.2) is 20.4 Å². The molecule has 0 saturated heterocycles. The van der Waals surface area contributed by atoms with Gasteiger partial charge in [-0.1, -0.05) is 60.1 Å². The first-order valence-electron chi connectivity index (χ1n) is 11.0. The lowest BCUT2D eigenvalue weighted by Crippen LogP contribution is -2.23. The normalized spacial score (nSPS) is 11.9. The van der Waals surface area contributed by atoms with Crippen molar-refractivity contribution in [2.75, 3.05) is 0 Å². The van der Waals surface area contributed by atoms with Crippen LogP contribution < -0.4 is 5.56 Å². The standard InChI is InChI=1S/C27H22BrFN4O/c1-17(2)26-31-24-11-10-20(28)13-23(24)27(34)33(26)30-14-19-16-32(25-9-4-3-8-22(19)25)15-18-6-5-7-21(29)12-18/h3-14,16-17H,15H2,1-2H3. The van der Waals surface area contributed by atoms with Crippen molar-refractivity contribution >= 4 is 44.0 Å². The lowest BCUT2D eigenvalue weighted by Gasteiger charge is -2.11. The second kappa shape index (κ2) is 8.99. The zero-order valence-electron chi connectivity index (χ0n) is 18.7. The third kappa shape index (κ3) is 4.19. The van der Waals surface area contributed by atoms with Crippen LogP contribution in [-0.2, 0) is 6.54 Å². The smallest absolute Gasteiger partial charge is 0.282 e. The quantitative estimate of drug-likeness (QED) is 0.257. The highest BCUT2D eigenvalue weighted by molar-refractivity contribution is 9.10. The van der Waals surface area contributed by atoms with Crippen LogP contribution >= 0.6 is 15.9 Å². The number of hydrogen-bond acceptors (Lipinski definition) is 3. The molecule has 0 aliphatic heterocycles. The van der Waals surface area contributed by atoms with Gasteiger partial charge in [0.2, 0.25) is 0 Å². The molecule has 0 saturated carbocycles. The second-order valence-electron chi connectivity index (χ2n) is 8.51. The first kappa shape index (κ1) is 22.2. The summed E-state index contributed by atoms with van der Waals surface area (Å²) in [7, 11) is 0. The summed E-state index contributed by atoms with van der Waals surface area (Å²) in [5.41, 5.74) is 3.17. The van der Waals surface area contributed by atoms with Crippen LogP contribution in [0.4, 0.5) is 4.39 Å². The number of hydrogen-bond donors (Lipinski definition) is 0. The minimum absolute atomic E-state index is 0.00668. The van der Waals surface area contributed by atoms with E-state index in [1.807, 2.05) is 62.5 Å². The predicted octanol–water partition coefficient (Wildman–Crippen LogP) is 6.31. The average molecular weight is 517 g/mol. The fourth-order valence-corrected chi connectivity index (χ4v) is 4.47. The van der Waals surface area contributed by atoms with Crippen molar-refractivity contribution in [2.45, 2.75) is 26.3 Å².